The summed E-state index contributed by atoms with van der Waals surface area (Å²) in [4.78, 5) is 0. The van der Waals surface area contributed by atoms with Gasteiger partial charge in [0.25, 0.3) is 0 Å². The lowest BCUT2D eigenvalue weighted by Crippen LogP contribution is -2.06. The average molecular weight is 191 g/mol. The molecule has 0 unspecified atom stereocenters. The monoisotopic (exact) mass is 191 g/mol. The highest BCUT2D eigenvalue weighted by atomic mass is 19.1. The molecule has 72 valence electrons. The first kappa shape index (κ1) is 9.01. The zero-order valence-corrected chi connectivity index (χ0v) is 7.88. The Balaban J connectivity index is 2.54. The molecular formula is C11H10FNO. The summed E-state index contributed by atoms with van der Waals surface area (Å²) in [6, 6.07) is 6.94. The van der Waals surface area contributed by atoms with Gasteiger partial charge in [0.1, 0.15) is 0 Å². The molecule has 2 nitrogen and oxygen atoms in total. The number of ether oxygens (including phenoxy) is 1. The molecule has 1 fully saturated rings. The quantitative estimate of drug-likeness (QED) is 0.719. The van der Waals surface area contributed by atoms with Crippen molar-refractivity contribution in [2.24, 2.45) is 0 Å². The Labute approximate surface area is 81.9 Å². The van der Waals surface area contributed by atoms with Gasteiger partial charge >= 0.3 is 0 Å². The number of rotatable bonds is 2. The van der Waals surface area contributed by atoms with Crippen molar-refractivity contribution in [1.29, 1.82) is 5.26 Å². The molecule has 0 spiro atoms. The van der Waals surface area contributed by atoms with Crippen LogP contribution in [0.1, 0.15) is 18.4 Å². The SMILES string of the molecule is COc1c(F)cccc1C1(C#N)CC1. The van der Waals surface area contributed by atoms with Crippen LogP contribution in [-0.4, -0.2) is 7.11 Å². The number of para-hydroxylation sites is 1. The van der Waals surface area contributed by atoms with Crippen molar-refractivity contribution in [1.82, 2.24) is 0 Å². The Kier molecular flexibility index (Phi) is 1.92. The van der Waals surface area contributed by atoms with Crippen LogP contribution in [0.3, 0.4) is 0 Å². The third-order valence-corrected chi connectivity index (χ3v) is 2.65. The topological polar surface area (TPSA) is 33.0 Å². The largest absolute Gasteiger partial charge is 0.493 e. The molecule has 0 atom stereocenters. The first-order valence-electron chi connectivity index (χ1n) is 4.48. The van der Waals surface area contributed by atoms with Crippen LogP contribution in [-0.2, 0) is 5.41 Å². The molecular weight excluding hydrogens is 181 g/mol. The summed E-state index contributed by atoms with van der Waals surface area (Å²) >= 11 is 0. The molecule has 14 heavy (non-hydrogen) atoms. The summed E-state index contributed by atoms with van der Waals surface area (Å²) in [5.41, 5.74) is 0.190. The lowest BCUT2D eigenvalue weighted by molar-refractivity contribution is 0.379. The third kappa shape index (κ3) is 1.15. The number of hydrogen-bond acceptors (Lipinski definition) is 2. The molecule has 2 rings (SSSR count). The molecule has 0 radical (unpaired) electrons. The number of halogens is 1. The molecule has 0 bridgehead atoms. The Morgan fingerprint density at radius 3 is 2.71 bits per heavy atom. The standard InChI is InChI=1S/C11H10FNO/c1-14-10-8(3-2-4-9(10)12)11(7-13)5-6-11/h2-4H,5-6H2,1H3. The van der Waals surface area contributed by atoms with Gasteiger partial charge in [-0.3, -0.25) is 0 Å². The van der Waals surface area contributed by atoms with Crippen molar-refractivity contribution in [3.05, 3.63) is 29.6 Å². The fourth-order valence-corrected chi connectivity index (χ4v) is 1.66. The normalized spacial score (nSPS) is 17.2. The van der Waals surface area contributed by atoms with Gasteiger partial charge in [-0.15, -0.1) is 0 Å². The Bertz CT molecular complexity index is 404. The second kappa shape index (κ2) is 2.98. The van der Waals surface area contributed by atoms with Crippen LogP contribution in [0.4, 0.5) is 4.39 Å². The van der Waals surface area contributed by atoms with Crippen molar-refractivity contribution >= 4 is 0 Å². The minimum absolute atomic E-state index is 0.214. The van der Waals surface area contributed by atoms with E-state index in [0.717, 1.165) is 12.8 Å². The molecule has 0 saturated heterocycles. The maximum atomic E-state index is 13.3. The van der Waals surface area contributed by atoms with E-state index in [1.165, 1.54) is 13.2 Å². The van der Waals surface area contributed by atoms with Crippen LogP contribution in [0, 0.1) is 17.1 Å². The summed E-state index contributed by atoms with van der Waals surface area (Å²) in [5.74, 6) is -0.182. The Morgan fingerprint density at radius 1 is 1.50 bits per heavy atom. The molecule has 1 aliphatic rings. The summed E-state index contributed by atoms with van der Waals surface area (Å²) in [5, 5.41) is 8.99. The predicted octanol–water partition coefficient (Wildman–Crippen LogP) is 2.39. The summed E-state index contributed by atoms with van der Waals surface area (Å²) in [6.07, 6.45) is 1.59. The Morgan fingerprint density at radius 2 is 2.21 bits per heavy atom. The van der Waals surface area contributed by atoms with Crippen LogP contribution in [0.25, 0.3) is 0 Å². The molecule has 1 saturated carbocycles. The van der Waals surface area contributed by atoms with Gasteiger partial charge in [0.15, 0.2) is 11.6 Å². The van der Waals surface area contributed by atoms with E-state index < -0.39 is 11.2 Å². The fraction of sp³-hybridized carbons (Fsp3) is 0.364. The molecule has 0 N–H and O–H groups in total. The molecule has 1 aliphatic carbocycles. The van der Waals surface area contributed by atoms with Crippen LogP contribution >= 0.6 is 0 Å². The highest BCUT2D eigenvalue weighted by Crippen LogP contribution is 2.51. The lowest BCUT2D eigenvalue weighted by Gasteiger charge is -2.12. The average Bonchev–Trinajstić information content (AvgIpc) is 2.98. The first-order chi connectivity index (χ1) is 6.73. The number of benzene rings is 1. The van der Waals surface area contributed by atoms with Crippen molar-refractivity contribution in [3.63, 3.8) is 0 Å². The van der Waals surface area contributed by atoms with Gasteiger partial charge in [-0.2, -0.15) is 5.26 Å². The maximum Gasteiger partial charge on any atom is 0.165 e. The molecule has 3 heteroatoms. The van der Waals surface area contributed by atoms with Gasteiger partial charge in [0.05, 0.1) is 18.6 Å². The molecule has 0 amide bonds. The summed E-state index contributed by atoms with van der Waals surface area (Å²) in [7, 11) is 1.43. The van der Waals surface area contributed by atoms with E-state index >= 15 is 0 Å². The van der Waals surface area contributed by atoms with Gasteiger partial charge in [-0.25, -0.2) is 4.39 Å². The minimum atomic E-state index is -0.493. The van der Waals surface area contributed by atoms with Crippen LogP contribution in [0.2, 0.25) is 0 Å². The zero-order chi connectivity index (χ0) is 10.2. The van der Waals surface area contributed by atoms with Crippen molar-refractivity contribution in [2.75, 3.05) is 7.11 Å². The first-order valence-corrected chi connectivity index (χ1v) is 4.48. The molecule has 0 heterocycles. The van der Waals surface area contributed by atoms with E-state index in [1.54, 1.807) is 12.1 Å². The van der Waals surface area contributed by atoms with E-state index in [9.17, 15) is 4.39 Å². The van der Waals surface area contributed by atoms with Crippen LogP contribution < -0.4 is 4.74 Å². The van der Waals surface area contributed by atoms with Crippen LogP contribution in [0.15, 0.2) is 18.2 Å². The zero-order valence-electron chi connectivity index (χ0n) is 7.88. The van der Waals surface area contributed by atoms with Gasteiger partial charge in [-0.1, -0.05) is 12.1 Å². The Hall–Kier alpha value is -1.56. The third-order valence-electron chi connectivity index (χ3n) is 2.65. The molecule has 1 aromatic rings. The van der Waals surface area contributed by atoms with Crippen molar-refractivity contribution < 1.29 is 9.13 Å². The minimum Gasteiger partial charge on any atom is -0.493 e. The smallest absolute Gasteiger partial charge is 0.165 e. The van der Waals surface area contributed by atoms with E-state index in [0.29, 0.717) is 5.56 Å². The summed E-state index contributed by atoms with van der Waals surface area (Å²) in [6.45, 7) is 0. The van der Waals surface area contributed by atoms with E-state index in [2.05, 4.69) is 6.07 Å². The summed E-state index contributed by atoms with van der Waals surface area (Å²) < 4.78 is 18.3. The fourth-order valence-electron chi connectivity index (χ4n) is 1.66. The van der Waals surface area contributed by atoms with Crippen molar-refractivity contribution in [2.45, 2.75) is 18.3 Å². The van der Waals surface area contributed by atoms with E-state index in [1.807, 2.05) is 0 Å². The highest BCUT2D eigenvalue weighted by molar-refractivity contribution is 5.48. The van der Waals surface area contributed by atoms with Gasteiger partial charge in [0.2, 0.25) is 0 Å². The van der Waals surface area contributed by atoms with Crippen molar-refractivity contribution in [3.8, 4) is 11.8 Å². The predicted molar refractivity (Wildman–Crippen MR) is 49.5 cm³/mol. The van der Waals surface area contributed by atoms with Gasteiger partial charge in [-0.05, 0) is 18.9 Å². The lowest BCUT2D eigenvalue weighted by atomic mass is 9.96. The number of hydrogen-bond donors (Lipinski definition) is 0. The van der Waals surface area contributed by atoms with E-state index in [-0.39, 0.29) is 5.75 Å². The highest BCUT2D eigenvalue weighted by Gasteiger charge is 2.47. The van der Waals surface area contributed by atoms with E-state index in [4.69, 9.17) is 10.00 Å². The van der Waals surface area contributed by atoms with Gasteiger partial charge in [0, 0.05) is 5.56 Å². The molecule has 1 aromatic carbocycles. The number of methoxy groups -OCH3 is 1. The molecule has 0 aromatic heterocycles. The second-order valence-electron chi connectivity index (χ2n) is 3.51. The molecule has 0 aliphatic heterocycles. The van der Waals surface area contributed by atoms with Crippen LogP contribution in [0.5, 0.6) is 5.75 Å². The number of nitriles is 1. The number of nitrogens with zero attached hydrogens (tertiary/aromatic N) is 1. The van der Waals surface area contributed by atoms with Gasteiger partial charge < -0.3 is 4.74 Å². The second-order valence-corrected chi connectivity index (χ2v) is 3.51. The maximum absolute atomic E-state index is 13.3.